The molecule has 5 nitrogen and oxygen atoms in total. The van der Waals surface area contributed by atoms with Crippen molar-refractivity contribution in [2.24, 2.45) is 5.41 Å². The van der Waals surface area contributed by atoms with Gasteiger partial charge in [0.15, 0.2) is 11.0 Å². The van der Waals surface area contributed by atoms with Crippen LogP contribution in [0.1, 0.15) is 33.1 Å². The Hall–Kier alpha value is -1.62. The number of fused-ring (bicyclic) bond motifs is 1. The van der Waals surface area contributed by atoms with Gasteiger partial charge in [-0.15, -0.1) is 0 Å². The Bertz CT molecular complexity index is 591. The SMILES string of the molecule is CC(=O)OC1=C[C@]2(C)OC(=O)[C@]13CCC[C@@]31C=C[C@@H]2O1. The Labute approximate surface area is 116 Å². The maximum absolute atomic E-state index is 12.7. The summed E-state index contributed by atoms with van der Waals surface area (Å²) in [5, 5.41) is 0. The van der Waals surface area contributed by atoms with Crippen molar-refractivity contribution in [2.45, 2.75) is 50.4 Å². The van der Waals surface area contributed by atoms with Crippen LogP contribution in [0.3, 0.4) is 0 Å². The Morgan fingerprint density at radius 2 is 2.25 bits per heavy atom. The van der Waals surface area contributed by atoms with Gasteiger partial charge in [-0.25, -0.2) is 0 Å². The number of esters is 2. The van der Waals surface area contributed by atoms with Crippen LogP contribution < -0.4 is 0 Å². The smallest absolute Gasteiger partial charge is 0.324 e. The fourth-order valence-corrected chi connectivity index (χ4v) is 4.10. The molecule has 2 fully saturated rings. The third-order valence-corrected chi connectivity index (χ3v) is 5.02. The van der Waals surface area contributed by atoms with Gasteiger partial charge in [-0.3, -0.25) is 9.59 Å². The predicted molar refractivity (Wildman–Crippen MR) is 67.4 cm³/mol. The van der Waals surface area contributed by atoms with Crippen LogP contribution >= 0.6 is 0 Å². The highest BCUT2D eigenvalue weighted by molar-refractivity contribution is 5.87. The largest absolute Gasteiger partial charge is 0.451 e. The maximum atomic E-state index is 12.7. The van der Waals surface area contributed by atoms with E-state index in [0.29, 0.717) is 12.2 Å². The summed E-state index contributed by atoms with van der Waals surface area (Å²) in [6, 6.07) is 0. The molecule has 106 valence electrons. The van der Waals surface area contributed by atoms with Crippen molar-refractivity contribution in [1.29, 1.82) is 0 Å². The summed E-state index contributed by atoms with van der Waals surface area (Å²) in [7, 11) is 0. The Kier molecular flexibility index (Phi) is 2.03. The number of rotatable bonds is 1. The van der Waals surface area contributed by atoms with E-state index in [1.54, 1.807) is 13.0 Å². The Morgan fingerprint density at radius 1 is 1.45 bits per heavy atom. The molecule has 1 saturated heterocycles. The highest BCUT2D eigenvalue weighted by Gasteiger charge is 2.72. The van der Waals surface area contributed by atoms with Crippen molar-refractivity contribution in [3.05, 3.63) is 24.0 Å². The molecule has 0 amide bonds. The van der Waals surface area contributed by atoms with Crippen LogP contribution in [0, 0.1) is 5.41 Å². The fourth-order valence-electron chi connectivity index (χ4n) is 4.10. The standard InChI is InChI=1S/C15H16O5/c1-9(16)18-11-8-13(2)10-4-7-14(19-10)5-3-6-15(11,14)12(17)20-13/h4,7-8,10H,3,5-6H2,1-2H3/t10-,13-,14+,15-/m0/s1. The molecular formula is C15H16O5. The second-order valence-corrected chi connectivity index (χ2v) is 6.22. The van der Waals surface area contributed by atoms with Gasteiger partial charge < -0.3 is 14.2 Å². The molecule has 0 unspecified atom stereocenters. The number of carbonyl (C=O) groups is 2. The van der Waals surface area contributed by atoms with Crippen LogP contribution in [0.25, 0.3) is 0 Å². The zero-order chi connectivity index (χ0) is 14.2. The number of carbonyl (C=O) groups excluding carboxylic acids is 2. The summed E-state index contributed by atoms with van der Waals surface area (Å²) in [5.74, 6) is -0.340. The quantitative estimate of drug-likeness (QED) is 0.538. The van der Waals surface area contributed by atoms with Crippen molar-refractivity contribution in [2.75, 3.05) is 0 Å². The summed E-state index contributed by atoms with van der Waals surface area (Å²) in [4.78, 5) is 24.1. The second kappa shape index (κ2) is 3.34. The first-order chi connectivity index (χ1) is 9.42. The lowest BCUT2D eigenvalue weighted by atomic mass is 9.70. The monoisotopic (exact) mass is 276 g/mol. The molecule has 0 aromatic heterocycles. The number of hydrogen-bond donors (Lipinski definition) is 0. The van der Waals surface area contributed by atoms with Gasteiger partial charge in [-0.05, 0) is 26.2 Å². The average molecular weight is 276 g/mol. The number of hydrogen-bond acceptors (Lipinski definition) is 5. The highest BCUT2D eigenvalue weighted by Crippen LogP contribution is 2.63. The third kappa shape index (κ3) is 1.14. The molecule has 4 atom stereocenters. The zero-order valence-electron chi connectivity index (χ0n) is 11.5. The summed E-state index contributed by atoms with van der Waals surface area (Å²) < 4.78 is 17.3. The topological polar surface area (TPSA) is 61.8 Å². The minimum absolute atomic E-state index is 0.320. The van der Waals surface area contributed by atoms with Crippen LogP contribution in [0.4, 0.5) is 0 Å². The first-order valence-corrected chi connectivity index (χ1v) is 6.94. The van der Waals surface area contributed by atoms with E-state index < -0.39 is 22.6 Å². The van der Waals surface area contributed by atoms with Gasteiger partial charge in [0, 0.05) is 13.0 Å². The minimum Gasteiger partial charge on any atom is -0.451 e. The highest BCUT2D eigenvalue weighted by atomic mass is 16.6. The summed E-state index contributed by atoms with van der Waals surface area (Å²) in [6.07, 6.45) is 7.54. The van der Waals surface area contributed by atoms with Crippen molar-refractivity contribution in [3.63, 3.8) is 0 Å². The predicted octanol–water partition coefficient (Wildman–Crippen LogP) is 1.63. The van der Waals surface area contributed by atoms with E-state index in [1.807, 2.05) is 12.2 Å². The molecule has 0 aromatic rings. The van der Waals surface area contributed by atoms with Gasteiger partial charge in [-0.1, -0.05) is 12.2 Å². The molecule has 20 heavy (non-hydrogen) atoms. The second-order valence-electron chi connectivity index (χ2n) is 6.22. The van der Waals surface area contributed by atoms with Crippen LogP contribution in [0.5, 0.6) is 0 Å². The molecule has 0 N–H and O–H groups in total. The zero-order valence-corrected chi connectivity index (χ0v) is 11.5. The van der Waals surface area contributed by atoms with Crippen molar-refractivity contribution < 1.29 is 23.8 Å². The molecule has 4 heterocycles. The molecule has 4 bridgehead atoms. The van der Waals surface area contributed by atoms with Crippen molar-refractivity contribution >= 4 is 11.9 Å². The van der Waals surface area contributed by atoms with E-state index in [9.17, 15) is 9.59 Å². The van der Waals surface area contributed by atoms with Crippen LogP contribution in [-0.4, -0.2) is 29.2 Å². The Balaban J connectivity index is 1.98. The van der Waals surface area contributed by atoms with Gasteiger partial charge in [0.25, 0.3) is 0 Å². The Morgan fingerprint density at radius 3 is 3.00 bits per heavy atom. The molecule has 5 aliphatic rings. The van der Waals surface area contributed by atoms with E-state index in [0.717, 1.165) is 12.8 Å². The van der Waals surface area contributed by atoms with Crippen molar-refractivity contribution in [3.8, 4) is 0 Å². The lowest BCUT2D eigenvalue weighted by Crippen LogP contribution is -2.53. The summed E-state index contributed by atoms with van der Waals surface area (Å²) >= 11 is 0. The van der Waals surface area contributed by atoms with Gasteiger partial charge >= 0.3 is 11.9 Å². The number of ether oxygens (including phenoxy) is 3. The third-order valence-electron chi connectivity index (χ3n) is 5.02. The first kappa shape index (κ1) is 12.1. The normalized spacial score (nSPS) is 47.6. The van der Waals surface area contributed by atoms with Crippen LogP contribution in [0.2, 0.25) is 0 Å². The fraction of sp³-hybridized carbons (Fsp3) is 0.600. The lowest BCUT2D eigenvalue weighted by molar-refractivity contribution is -0.171. The summed E-state index contributed by atoms with van der Waals surface area (Å²) in [5.41, 5.74) is -2.62. The molecule has 1 aliphatic carbocycles. The van der Waals surface area contributed by atoms with E-state index in [1.165, 1.54) is 6.92 Å². The molecule has 2 spiro atoms. The summed E-state index contributed by atoms with van der Waals surface area (Å²) in [6.45, 7) is 3.14. The van der Waals surface area contributed by atoms with E-state index >= 15 is 0 Å². The first-order valence-electron chi connectivity index (χ1n) is 6.94. The van der Waals surface area contributed by atoms with Crippen LogP contribution in [0.15, 0.2) is 24.0 Å². The molecule has 0 radical (unpaired) electrons. The van der Waals surface area contributed by atoms with E-state index in [-0.39, 0.29) is 12.1 Å². The van der Waals surface area contributed by atoms with E-state index in [2.05, 4.69) is 0 Å². The average Bonchev–Trinajstić information content (AvgIpc) is 2.90. The molecule has 1 saturated carbocycles. The van der Waals surface area contributed by atoms with Gasteiger partial charge in [0.2, 0.25) is 0 Å². The molecule has 5 rings (SSSR count). The van der Waals surface area contributed by atoms with Gasteiger partial charge in [0.1, 0.15) is 17.5 Å². The molecule has 0 aromatic carbocycles. The molecule has 4 aliphatic heterocycles. The van der Waals surface area contributed by atoms with Gasteiger partial charge in [0.05, 0.1) is 0 Å². The lowest BCUT2D eigenvalue weighted by Gasteiger charge is -2.42. The van der Waals surface area contributed by atoms with Crippen molar-refractivity contribution in [1.82, 2.24) is 0 Å². The van der Waals surface area contributed by atoms with Gasteiger partial charge in [-0.2, -0.15) is 0 Å². The van der Waals surface area contributed by atoms with E-state index in [4.69, 9.17) is 14.2 Å². The maximum Gasteiger partial charge on any atom is 0.324 e. The minimum atomic E-state index is -1.00. The van der Waals surface area contributed by atoms with Crippen LogP contribution in [-0.2, 0) is 23.8 Å². The molecular weight excluding hydrogens is 260 g/mol. The molecule has 5 heteroatoms.